The Morgan fingerprint density at radius 3 is 2.82 bits per heavy atom. The van der Waals surface area contributed by atoms with Crippen LogP contribution in [-0.4, -0.2) is 23.3 Å². The summed E-state index contributed by atoms with van der Waals surface area (Å²) in [6, 6.07) is 6.76. The van der Waals surface area contributed by atoms with E-state index in [1.807, 2.05) is 13.8 Å². The number of nitrogens with zero attached hydrogens (tertiary/aromatic N) is 2. The maximum atomic E-state index is 5.71. The molecule has 1 aromatic heterocycles. The number of benzene rings is 1. The standard InChI is InChI=1S/C17H19N3O2/c1-10-15(11(2)22-20-10)14-5-3-4-12-8-17(7-6-13(12)14)9-21-16(18)19-17/h3-5H,6-9H2,1-2H3,(H2,18,19). The van der Waals surface area contributed by atoms with Crippen LogP contribution in [0.3, 0.4) is 0 Å². The van der Waals surface area contributed by atoms with Crippen LogP contribution >= 0.6 is 0 Å². The minimum atomic E-state index is -0.172. The first-order chi connectivity index (χ1) is 10.6. The molecule has 2 heterocycles. The molecule has 22 heavy (non-hydrogen) atoms. The first-order valence-electron chi connectivity index (χ1n) is 7.60. The zero-order valence-corrected chi connectivity index (χ0v) is 12.8. The van der Waals surface area contributed by atoms with Crippen molar-refractivity contribution in [3.05, 3.63) is 40.8 Å². The summed E-state index contributed by atoms with van der Waals surface area (Å²) in [7, 11) is 0. The summed E-state index contributed by atoms with van der Waals surface area (Å²) in [5.41, 5.74) is 11.5. The molecule has 2 aliphatic rings. The monoisotopic (exact) mass is 297 g/mol. The molecular formula is C17H19N3O2. The van der Waals surface area contributed by atoms with Crippen molar-refractivity contribution in [2.45, 2.75) is 38.6 Å². The second-order valence-electron chi connectivity index (χ2n) is 6.28. The average Bonchev–Trinajstić information content (AvgIpc) is 3.01. The molecule has 4 rings (SSSR count). The predicted molar refractivity (Wildman–Crippen MR) is 83.7 cm³/mol. The number of hydrogen-bond donors (Lipinski definition) is 1. The minimum Gasteiger partial charge on any atom is -0.463 e. The second-order valence-corrected chi connectivity index (χ2v) is 6.28. The molecule has 0 bridgehead atoms. The zero-order chi connectivity index (χ0) is 15.3. The van der Waals surface area contributed by atoms with Gasteiger partial charge < -0.3 is 15.0 Å². The summed E-state index contributed by atoms with van der Waals surface area (Å²) in [4.78, 5) is 4.55. The largest absolute Gasteiger partial charge is 0.463 e. The third-order valence-corrected chi connectivity index (χ3v) is 4.77. The van der Waals surface area contributed by atoms with Gasteiger partial charge in [0.1, 0.15) is 17.9 Å². The average molecular weight is 297 g/mol. The van der Waals surface area contributed by atoms with Gasteiger partial charge in [0.25, 0.3) is 6.02 Å². The summed E-state index contributed by atoms with van der Waals surface area (Å²) in [6.07, 6.45) is 2.80. The van der Waals surface area contributed by atoms with Gasteiger partial charge in [-0.3, -0.25) is 0 Å². The lowest BCUT2D eigenvalue weighted by Crippen LogP contribution is -2.35. The first kappa shape index (κ1) is 13.4. The van der Waals surface area contributed by atoms with Crippen molar-refractivity contribution < 1.29 is 9.26 Å². The van der Waals surface area contributed by atoms with Crippen LogP contribution in [0.25, 0.3) is 11.1 Å². The molecule has 1 atom stereocenters. The van der Waals surface area contributed by atoms with Crippen LogP contribution in [0, 0.1) is 13.8 Å². The molecule has 2 aromatic rings. The fourth-order valence-electron chi connectivity index (χ4n) is 3.72. The Kier molecular flexibility index (Phi) is 2.79. The van der Waals surface area contributed by atoms with Crippen LogP contribution in [0.5, 0.6) is 0 Å². The number of nitrogens with two attached hydrogens (primary N) is 1. The molecule has 1 aliphatic carbocycles. The molecule has 1 aliphatic heterocycles. The smallest absolute Gasteiger partial charge is 0.282 e. The summed E-state index contributed by atoms with van der Waals surface area (Å²) < 4.78 is 10.7. The molecule has 1 spiro atoms. The Morgan fingerprint density at radius 1 is 1.27 bits per heavy atom. The van der Waals surface area contributed by atoms with Gasteiger partial charge in [-0.15, -0.1) is 0 Å². The van der Waals surface area contributed by atoms with E-state index in [-0.39, 0.29) is 5.54 Å². The minimum absolute atomic E-state index is 0.172. The van der Waals surface area contributed by atoms with Gasteiger partial charge in [0.15, 0.2) is 0 Å². The molecule has 0 radical (unpaired) electrons. The van der Waals surface area contributed by atoms with Crippen LogP contribution < -0.4 is 5.73 Å². The molecule has 0 amide bonds. The van der Waals surface area contributed by atoms with Gasteiger partial charge in [-0.05, 0) is 43.4 Å². The lowest BCUT2D eigenvalue weighted by molar-refractivity contribution is 0.235. The zero-order valence-electron chi connectivity index (χ0n) is 12.8. The third kappa shape index (κ3) is 1.92. The van der Waals surface area contributed by atoms with Crippen molar-refractivity contribution in [3.8, 4) is 11.1 Å². The van der Waals surface area contributed by atoms with E-state index in [0.29, 0.717) is 12.6 Å². The van der Waals surface area contributed by atoms with Crippen LogP contribution in [0.2, 0.25) is 0 Å². The molecule has 114 valence electrons. The number of rotatable bonds is 1. The van der Waals surface area contributed by atoms with Crippen molar-refractivity contribution in [2.24, 2.45) is 10.7 Å². The van der Waals surface area contributed by atoms with E-state index in [9.17, 15) is 0 Å². The molecule has 1 unspecified atom stereocenters. The van der Waals surface area contributed by atoms with Crippen molar-refractivity contribution >= 4 is 6.02 Å². The van der Waals surface area contributed by atoms with E-state index in [1.54, 1.807) is 0 Å². The van der Waals surface area contributed by atoms with Gasteiger partial charge in [-0.25, -0.2) is 4.99 Å². The summed E-state index contributed by atoms with van der Waals surface area (Å²) in [5, 5.41) is 4.09. The number of ether oxygens (including phenoxy) is 1. The highest BCUT2D eigenvalue weighted by Crippen LogP contribution is 2.40. The first-order valence-corrected chi connectivity index (χ1v) is 7.60. The Hall–Kier alpha value is -2.30. The third-order valence-electron chi connectivity index (χ3n) is 4.77. The van der Waals surface area contributed by atoms with Gasteiger partial charge in [0.05, 0.1) is 5.69 Å². The maximum Gasteiger partial charge on any atom is 0.282 e. The van der Waals surface area contributed by atoms with Crippen LogP contribution in [0.1, 0.15) is 29.0 Å². The number of aryl methyl sites for hydroxylation is 2. The van der Waals surface area contributed by atoms with Crippen molar-refractivity contribution in [1.29, 1.82) is 0 Å². The number of hydrogen-bond acceptors (Lipinski definition) is 5. The van der Waals surface area contributed by atoms with Crippen molar-refractivity contribution in [2.75, 3.05) is 6.61 Å². The van der Waals surface area contributed by atoms with E-state index in [2.05, 4.69) is 28.3 Å². The van der Waals surface area contributed by atoms with Gasteiger partial charge in [0, 0.05) is 12.0 Å². The lowest BCUT2D eigenvalue weighted by Gasteiger charge is -2.31. The Balaban J connectivity index is 1.79. The number of aliphatic imine (C=N–C) groups is 1. The Morgan fingerprint density at radius 2 is 2.14 bits per heavy atom. The SMILES string of the molecule is Cc1noc(C)c1-c1cccc2c1CCC1(COC(N)=N1)C2. The van der Waals surface area contributed by atoms with Crippen molar-refractivity contribution in [3.63, 3.8) is 0 Å². The Labute approximate surface area is 129 Å². The molecule has 0 saturated heterocycles. The van der Waals surface area contributed by atoms with E-state index in [4.69, 9.17) is 15.0 Å². The van der Waals surface area contributed by atoms with Crippen LogP contribution in [0.15, 0.2) is 27.7 Å². The molecule has 2 N–H and O–H groups in total. The van der Waals surface area contributed by atoms with Gasteiger partial charge in [-0.2, -0.15) is 0 Å². The predicted octanol–water partition coefficient (Wildman–Crippen LogP) is 2.53. The topological polar surface area (TPSA) is 73.6 Å². The van der Waals surface area contributed by atoms with E-state index in [0.717, 1.165) is 36.3 Å². The summed E-state index contributed by atoms with van der Waals surface area (Å²) in [6.45, 7) is 4.55. The lowest BCUT2D eigenvalue weighted by atomic mass is 9.76. The highest BCUT2D eigenvalue weighted by molar-refractivity contribution is 5.75. The van der Waals surface area contributed by atoms with E-state index in [1.165, 1.54) is 16.7 Å². The summed E-state index contributed by atoms with van der Waals surface area (Å²) >= 11 is 0. The normalized spacial score (nSPS) is 23.3. The highest BCUT2D eigenvalue weighted by Gasteiger charge is 2.40. The van der Waals surface area contributed by atoms with E-state index < -0.39 is 0 Å². The van der Waals surface area contributed by atoms with Crippen LogP contribution in [0.4, 0.5) is 0 Å². The molecule has 1 aromatic carbocycles. The summed E-state index contributed by atoms with van der Waals surface area (Å²) in [5.74, 6) is 0.873. The fraction of sp³-hybridized carbons (Fsp3) is 0.412. The van der Waals surface area contributed by atoms with Gasteiger partial charge in [-0.1, -0.05) is 23.4 Å². The second kappa shape index (κ2) is 4.60. The molecular weight excluding hydrogens is 278 g/mol. The molecule has 0 fully saturated rings. The fourth-order valence-corrected chi connectivity index (χ4v) is 3.72. The van der Waals surface area contributed by atoms with Crippen LogP contribution in [-0.2, 0) is 17.6 Å². The molecule has 5 heteroatoms. The number of amidine groups is 1. The van der Waals surface area contributed by atoms with Crippen molar-refractivity contribution in [1.82, 2.24) is 5.16 Å². The maximum absolute atomic E-state index is 5.71. The number of aromatic nitrogens is 1. The highest BCUT2D eigenvalue weighted by atomic mass is 16.5. The van der Waals surface area contributed by atoms with Gasteiger partial charge in [0.2, 0.25) is 0 Å². The quantitative estimate of drug-likeness (QED) is 0.877. The Bertz CT molecular complexity index is 759. The number of fused-ring (bicyclic) bond motifs is 1. The molecule has 5 nitrogen and oxygen atoms in total. The molecule has 0 saturated carbocycles. The van der Waals surface area contributed by atoms with E-state index >= 15 is 0 Å². The van der Waals surface area contributed by atoms with Gasteiger partial charge >= 0.3 is 0 Å².